The van der Waals surface area contributed by atoms with Crippen LogP contribution < -0.4 is 0 Å². The second-order valence-corrected chi connectivity index (χ2v) is 12.8. The van der Waals surface area contributed by atoms with Crippen molar-refractivity contribution < 1.29 is 8.83 Å². The van der Waals surface area contributed by atoms with Crippen LogP contribution in [0.2, 0.25) is 0 Å². The van der Waals surface area contributed by atoms with E-state index in [1.807, 2.05) is 78.9 Å². The van der Waals surface area contributed by atoms with Crippen LogP contribution in [0.3, 0.4) is 0 Å². The highest BCUT2D eigenvalue weighted by atomic mass is 16.3. The number of aromatic nitrogens is 4. The van der Waals surface area contributed by atoms with Gasteiger partial charge in [-0.3, -0.25) is 0 Å². The van der Waals surface area contributed by atoms with Crippen LogP contribution in [0.1, 0.15) is 0 Å². The lowest BCUT2D eigenvalue weighted by Crippen LogP contribution is -2.00. The SMILES string of the molecule is c1ccc(-c2nc(-c3ccccc3)nc(-c3ccc4oc5cc6oc7cc(-n8c9ccccc9c9ccccc98)ccc7c6cc5c4c3)n2)cc1. The first-order valence-electron chi connectivity index (χ1n) is 16.9. The quantitative estimate of drug-likeness (QED) is 0.189. The molecule has 11 rings (SSSR count). The molecule has 6 heteroatoms. The molecule has 0 unspecified atom stereocenters. The maximum Gasteiger partial charge on any atom is 0.164 e. The Balaban J connectivity index is 1.07. The van der Waals surface area contributed by atoms with Gasteiger partial charge in [0.25, 0.3) is 0 Å². The fourth-order valence-corrected chi connectivity index (χ4v) is 7.45. The largest absolute Gasteiger partial charge is 0.456 e. The van der Waals surface area contributed by atoms with Gasteiger partial charge in [-0.15, -0.1) is 0 Å². The summed E-state index contributed by atoms with van der Waals surface area (Å²) in [7, 11) is 0. The van der Waals surface area contributed by atoms with Crippen LogP contribution >= 0.6 is 0 Å². The van der Waals surface area contributed by atoms with Gasteiger partial charge in [-0.25, -0.2) is 15.0 Å². The summed E-state index contributed by atoms with van der Waals surface area (Å²) < 4.78 is 15.2. The number of rotatable bonds is 4. The molecular weight excluding hydrogens is 629 g/mol. The average Bonchev–Trinajstić information content (AvgIpc) is 3.85. The lowest BCUT2D eigenvalue weighted by atomic mass is 10.1. The summed E-state index contributed by atoms with van der Waals surface area (Å²) in [5.41, 5.74) is 9.31. The lowest BCUT2D eigenvalue weighted by molar-refractivity contribution is 0.656. The first kappa shape index (κ1) is 27.9. The number of furan rings is 2. The van der Waals surface area contributed by atoms with Gasteiger partial charge in [-0.2, -0.15) is 0 Å². The second kappa shape index (κ2) is 10.7. The molecule has 51 heavy (non-hydrogen) atoms. The molecule has 0 bridgehead atoms. The van der Waals surface area contributed by atoms with E-state index in [0.717, 1.165) is 66.3 Å². The standard InChI is InChI=1S/C45H26N4O2/c1-3-11-27(12-4-1)43-46-44(28-13-5-2-6-14-28)48-45(47-43)29-19-22-39-34(23-29)36-25-35-33-21-20-30(24-40(33)51-41(35)26-42(36)50-39)49-37-17-9-7-15-31(37)32-16-8-10-18-38(32)49/h1-26H. The van der Waals surface area contributed by atoms with E-state index in [1.165, 1.54) is 21.8 Å². The zero-order valence-corrected chi connectivity index (χ0v) is 27.1. The van der Waals surface area contributed by atoms with Crippen molar-refractivity contribution in [2.24, 2.45) is 0 Å². The molecule has 0 saturated carbocycles. The number of nitrogens with zero attached hydrogens (tertiary/aromatic N) is 4. The third kappa shape index (κ3) is 4.33. The third-order valence-corrected chi connectivity index (χ3v) is 9.84. The first-order chi connectivity index (χ1) is 25.2. The molecule has 0 N–H and O–H groups in total. The second-order valence-electron chi connectivity index (χ2n) is 12.8. The highest BCUT2D eigenvalue weighted by molar-refractivity contribution is 6.16. The summed E-state index contributed by atoms with van der Waals surface area (Å²) >= 11 is 0. The molecule has 0 atom stereocenters. The molecule has 0 radical (unpaired) electrons. The van der Waals surface area contributed by atoms with Crippen LogP contribution in [0.15, 0.2) is 167 Å². The van der Waals surface area contributed by atoms with Gasteiger partial charge < -0.3 is 13.4 Å². The molecule has 0 aliphatic rings. The first-order valence-corrected chi connectivity index (χ1v) is 16.9. The van der Waals surface area contributed by atoms with Crippen molar-refractivity contribution in [1.29, 1.82) is 0 Å². The average molecular weight is 655 g/mol. The van der Waals surface area contributed by atoms with Crippen LogP contribution in [0.5, 0.6) is 0 Å². The number of hydrogen-bond donors (Lipinski definition) is 0. The Labute approximate surface area is 290 Å². The van der Waals surface area contributed by atoms with Gasteiger partial charge in [0.15, 0.2) is 17.5 Å². The monoisotopic (exact) mass is 654 g/mol. The summed E-state index contributed by atoms with van der Waals surface area (Å²) in [5, 5.41) is 6.55. The Bertz CT molecular complexity index is 3030. The van der Waals surface area contributed by atoms with Gasteiger partial charge in [0.05, 0.1) is 11.0 Å². The van der Waals surface area contributed by atoms with E-state index in [1.54, 1.807) is 0 Å². The van der Waals surface area contributed by atoms with Crippen molar-refractivity contribution in [2.45, 2.75) is 0 Å². The van der Waals surface area contributed by atoms with Crippen molar-refractivity contribution in [3.8, 4) is 39.9 Å². The molecule has 4 heterocycles. The smallest absolute Gasteiger partial charge is 0.164 e. The van der Waals surface area contributed by atoms with Crippen molar-refractivity contribution in [1.82, 2.24) is 19.5 Å². The molecule has 0 aliphatic carbocycles. The third-order valence-electron chi connectivity index (χ3n) is 9.84. The predicted molar refractivity (Wildman–Crippen MR) is 205 cm³/mol. The summed E-state index contributed by atoms with van der Waals surface area (Å²) in [6.45, 7) is 0. The van der Waals surface area contributed by atoms with Gasteiger partial charge in [-0.05, 0) is 48.5 Å². The normalized spacial score (nSPS) is 11.9. The van der Waals surface area contributed by atoms with E-state index < -0.39 is 0 Å². The minimum absolute atomic E-state index is 0.603. The van der Waals surface area contributed by atoms with Crippen LogP contribution in [-0.4, -0.2) is 19.5 Å². The van der Waals surface area contributed by atoms with Crippen LogP contribution in [0, 0.1) is 0 Å². The maximum absolute atomic E-state index is 6.52. The minimum Gasteiger partial charge on any atom is -0.456 e. The van der Waals surface area contributed by atoms with Crippen molar-refractivity contribution in [3.05, 3.63) is 158 Å². The molecule has 0 amide bonds. The Kier molecular flexibility index (Phi) is 5.86. The molecule has 0 saturated heterocycles. The van der Waals surface area contributed by atoms with Crippen molar-refractivity contribution in [2.75, 3.05) is 0 Å². The Morgan fingerprint density at radius 3 is 1.49 bits per heavy atom. The van der Waals surface area contributed by atoms with E-state index in [0.29, 0.717) is 17.5 Å². The summed E-state index contributed by atoms with van der Waals surface area (Å²) in [6.07, 6.45) is 0. The van der Waals surface area contributed by atoms with Gasteiger partial charge in [-0.1, -0.05) is 97.1 Å². The van der Waals surface area contributed by atoms with Crippen LogP contribution in [0.4, 0.5) is 0 Å². The molecular formula is C45H26N4O2. The molecule has 0 aliphatic heterocycles. The topological polar surface area (TPSA) is 69.9 Å². The zero-order chi connectivity index (χ0) is 33.5. The molecule has 0 fully saturated rings. The van der Waals surface area contributed by atoms with E-state index in [2.05, 4.69) is 83.4 Å². The maximum atomic E-state index is 6.52. The van der Waals surface area contributed by atoms with Crippen LogP contribution in [-0.2, 0) is 0 Å². The molecule has 7 aromatic carbocycles. The lowest BCUT2D eigenvalue weighted by Gasteiger charge is -2.08. The number of hydrogen-bond acceptors (Lipinski definition) is 5. The summed E-state index contributed by atoms with van der Waals surface area (Å²) in [5.74, 6) is 1.86. The molecule has 4 aromatic heterocycles. The Morgan fingerprint density at radius 1 is 0.333 bits per heavy atom. The van der Waals surface area contributed by atoms with Crippen LogP contribution in [0.25, 0.3) is 106 Å². The minimum atomic E-state index is 0.603. The molecule has 238 valence electrons. The summed E-state index contributed by atoms with van der Waals surface area (Å²) in [6, 6.07) is 54.0. The highest BCUT2D eigenvalue weighted by Gasteiger charge is 2.18. The van der Waals surface area contributed by atoms with E-state index >= 15 is 0 Å². The zero-order valence-electron chi connectivity index (χ0n) is 27.1. The summed E-state index contributed by atoms with van der Waals surface area (Å²) in [4.78, 5) is 14.8. The Morgan fingerprint density at radius 2 is 0.843 bits per heavy atom. The fraction of sp³-hybridized carbons (Fsp3) is 0. The van der Waals surface area contributed by atoms with Crippen molar-refractivity contribution in [3.63, 3.8) is 0 Å². The molecule has 11 aromatic rings. The molecule has 6 nitrogen and oxygen atoms in total. The highest BCUT2D eigenvalue weighted by Crippen LogP contribution is 2.40. The van der Waals surface area contributed by atoms with E-state index in [4.69, 9.17) is 23.8 Å². The number of para-hydroxylation sites is 2. The fourth-order valence-electron chi connectivity index (χ4n) is 7.45. The van der Waals surface area contributed by atoms with E-state index in [-0.39, 0.29) is 0 Å². The Hall–Kier alpha value is -7.05. The van der Waals surface area contributed by atoms with Gasteiger partial charge in [0.1, 0.15) is 22.3 Å². The van der Waals surface area contributed by atoms with Gasteiger partial charge >= 0.3 is 0 Å². The van der Waals surface area contributed by atoms with Crippen molar-refractivity contribution >= 4 is 65.7 Å². The van der Waals surface area contributed by atoms with Gasteiger partial charge in [0.2, 0.25) is 0 Å². The van der Waals surface area contributed by atoms with Gasteiger partial charge in [0, 0.05) is 66.8 Å². The predicted octanol–water partition coefficient (Wildman–Crippen LogP) is 11.8. The number of fused-ring (bicyclic) bond motifs is 9. The van der Waals surface area contributed by atoms with E-state index in [9.17, 15) is 0 Å². The molecule has 0 spiro atoms. The number of benzene rings is 7.